The Bertz CT molecular complexity index is 1560. The van der Waals surface area contributed by atoms with E-state index in [0.717, 1.165) is 7.11 Å². The number of esters is 3. The van der Waals surface area contributed by atoms with Gasteiger partial charge in [0.25, 0.3) is 0 Å². The summed E-state index contributed by atoms with van der Waals surface area (Å²) >= 11 is 0. The largest absolute Gasteiger partial charge is 0.477 e. The number of carboxylic acids is 2. The molecule has 1 saturated heterocycles. The average molecular weight is 594 g/mol. The van der Waals surface area contributed by atoms with Gasteiger partial charge in [-0.3, -0.25) is 9.59 Å². The smallest absolute Gasteiger partial charge is 0.352 e. The standard InChI is InChI=1S/C30H31N3O10/c1-30(2)13-20(23(27(36)37)29(40)43-15-16-8-6-5-7-9-16)32-26(30)19(14-31)24-18(12-22(35)42-4)17(10-11-21(34)41-3)25(33-24)28(38)39/h5-9,32-33H,10-13,15H2,1-4H3,(H,36,37)(H,38,39)/b23-20+,26-19-. The number of aromatic nitrogens is 1. The molecule has 13 nitrogen and oxygen atoms in total. The van der Waals surface area contributed by atoms with Crippen molar-refractivity contribution in [2.24, 2.45) is 5.41 Å². The van der Waals surface area contributed by atoms with Crippen LogP contribution in [0.3, 0.4) is 0 Å². The van der Waals surface area contributed by atoms with Crippen LogP contribution in [0.2, 0.25) is 0 Å². The molecule has 0 amide bonds. The molecular formula is C30H31N3O10. The van der Waals surface area contributed by atoms with Crippen LogP contribution >= 0.6 is 0 Å². The van der Waals surface area contributed by atoms with E-state index in [1.165, 1.54) is 7.11 Å². The van der Waals surface area contributed by atoms with E-state index in [9.17, 15) is 39.4 Å². The summed E-state index contributed by atoms with van der Waals surface area (Å²) in [5.41, 5.74) is -1.03. The highest BCUT2D eigenvalue weighted by Crippen LogP contribution is 2.44. The number of aromatic carboxylic acids is 1. The van der Waals surface area contributed by atoms with Crippen molar-refractivity contribution >= 4 is 35.4 Å². The van der Waals surface area contributed by atoms with Gasteiger partial charge < -0.3 is 34.7 Å². The number of carbonyl (C=O) groups is 5. The summed E-state index contributed by atoms with van der Waals surface area (Å²) in [5, 5.41) is 33.0. The van der Waals surface area contributed by atoms with Crippen molar-refractivity contribution in [1.82, 2.24) is 10.3 Å². The van der Waals surface area contributed by atoms with E-state index < -0.39 is 47.3 Å². The lowest BCUT2D eigenvalue weighted by Gasteiger charge is -2.20. The molecule has 3 rings (SSSR count). The second-order valence-electron chi connectivity index (χ2n) is 10.2. The molecule has 0 radical (unpaired) electrons. The Hall–Kier alpha value is -5.38. The maximum atomic E-state index is 12.9. The number of carbonyl (C=O) groups excluding carboxylic acids is 3. The van der Waals surface area contributed by atoms with E-state index in [2.05, 4.69) is 15.0 Å². The van der Waals surface area contributed by atoms with Crippen molar-refractivity contribution < 1.29 is 48.4 Å². The van der Waals surface area contributed by atoms with Crippen molar-refractivity contribution in [3.05, 3.63) is 75.4 Å². The van der Waals surface area contributed by atoms with Crippen molar-refractivity contribution in [2.45, 2.75) is 46.1 Å². The predicted molar refractivity (Wildman–Crippen MR) is 149 cm³/mol. The lowest BCUT2D eigenvalue weighted by Crippen LogP contribution is -2.21. The van der Waals surface area contributed by atoms with Gasteiger partial charge in [0, 0.05) is 23.2 Å². The van der Waals surface area contributed by atoms with Crippen LogP contribution in [0, 0.1) is 16.7 Å². The Kier molecular flexibility index (Phi) is 10.1. The van der Waals surface area contributed by atoms with Crippen LogP contribution in [0.15, 0.2) is 47.3 Å². The number of aromatic amines is 1. The summed E-state index contributed by atoms with van der Waals surface area (Å²) in [6.45, 7) is 3.24. The molecule has 1 aliphatic rings. The number of hydrogen-bond acceptors (Lipinski definition) is 10. The fourth-order valence-electron chi connectivity index (χ4n) is 4.81. The molecule has 0 saturated carbocycles. The molecule has 0 spiro atoms. The highest BCUT2D eigenvalue weighted by atomic mass is 16.5. The van der Waals surface area contributed by atoms with Gasteiger partial charge >= 0.3 is 29.8 Å². The summed E-state index contributed by atoms with van der Waals surface area (Å²) in [6.07, 6.45) is -0.766. The zero-order valence-electron chi connectivity index (χ0n) is 24.0. The minimum absolute atomic E-state index is 0.0103. The van der Waals surface area contributed by atoms with Gasteiger partial charge in [0.2, 0.25) is 0 Å². The summed E-state index contributed by atoms with van der Waals surface area (Å²) < 4.78 is 14.7. The normalized spacial score (nSPS) is 15.9. The molecule has 226 valence electrons. The van der Waals surface area contributed by atoms with Gasteiger partial charge in [-0.15, -0.1) is 0 Å². The summed E-state index contributed by atoms with van der Waals surface area (Å²) in [6, 6.07) is 10.7. The Balaban J connectivity index is 2.16. The van der Waals surface area contributed by atoms with Crippen molar-refractivity contribution in [1.29, 1.82) is 5.26 Å². The van der Waals surface area contributed by atoms with Crippen molar-refractivity contribution in [2.75, 3.05) is 14.2 Å². The van der Waals surface area contributed by atoms with Crippen LogP contribution < -0.4 is 5.32 Å². The van der Waals surface area contributed by atoms with E-state index in [-0.39, 0.29) is 65.4 Å². The Morgan fingerprint density at radius 3 is 2.19 bits per heavy atom. The highest BCUT2D eigenvalue weighted by molar-refractivity contribution is 6.14. The molecule has 2 aromatic rings. The molecule has 13 heteroatoms. The van der Waals surface area contributed by atoms with E-state index in [1.807, 2.05) is 6.07 Å². The number of rotatable bonds is 11. The fourth-order valence-corrected chi connectivity index (χ4v) is 4.81. The minimum atomic E-state index is -1.54. The first-order valence-electron chi connectivity index (χ1n) is 13.0. The van der Waals surface area contributed by atoms with Crippen molar-refractivity contribution in [3.8, 4) is 6.07 Å². The molecule has 0 bridgehead atoms. The quantitative estimate of drug-likeness (QED) is 0.0741. The number of nitrogens with one attached hydrogen (secondary N) is 2. The number of methoxy groups -OCH3 is 2. The van der Waals surface area contributed by atoms with Crippen LogP contribution in [0.5, 0.6) is 0 Å². The zero-order valence-corrected chi connectivity index (χ0v) is 24.0. The van der Waals surface area contributed by atoms with E-state index in [4.69, 9.17) is 9.47 Å². The van der Waals surface area contributed by atoms with Crippen LogP contribution in [0.1, 0.15) is 59.6 Å². The molecule has 1 aromatic carbocycles. The molecule has 0 atom stereocenters. The molecule has 4 N–H and O–H groups in total. The molecule has 43 heavy (non-hydrogen) atoms. The monoisotopic (exact) mass is 593 g/mol. The van der Waals surface area contributed by atoms with Gasteiger partial charge in [0.05, 0.1) is 31.9 Å². The summed E-state index contributed by atoms with van der Waals surface area (Å²) in [7, 11) is 2.33. The molecule has 1 aromatic heterocycles. The van der Waals surface area contributed by atoms with Crippen LogP contribution in [0.4, 0.5) is 0 Å². The number of nitriles is 1. The number of hydrogen-bond donors (Lipinski definition) is 4. The molecule has 1 fully saturated rings. The SMILES string of the molecule is COC(=O)CCc1c(C(=O)O)[nH]c(/C(C#N)=C2\N/C(=C(\C(=O)O)C(=O)OCc3ccccc3)CC2(C)C)c1CC(=O)OC. The second kappa shape index (κ2) is 13.5. The van der Waals surface area contributed by atoms with Crippen molar-refractivity contribution in [3.63, 3.8) is 0 Å². The Morgan fingerprint density at radius 2 is 1.63 bits per heavy atom. The Labute approximate surface area is 246 Å². The van der Waals surface area contributed by atoms with Gasteiger partial charge in [-0.2, -0.15) is 5.26 Å². The zero-order chi connectivity index (χ0) is 31.9. The van der Waals surface area contributed by atoms with Gasteiger partial charge in [0.15, 0.2) is 5.57 Å². The molecule has 0 unspecified atom stereocenters. The third-order valence-electron chi connectivity index (χ3n) is 6.90. The van der Waals surface area contributed by atoms with Gasteiger partial charge in [-0.1, -0.05) is 44.2 Å². The van der Waals surface area contributed by atoms with Crippen LogP contribution in [0.25, 0.3) is 5.57 Å². The van der Waals surface area contributed by atoms with E-state index >= 15 is 0 Å². The van der Waals surface area contributed by atoms with Gasteiger partial charge in [0.1, 0.15) is 18.4 Å². The fraction of sp³-hybridized carbons (Fsp3) is 0.333. The van der Waals surface area contributed by atoms with Gasteiger partial charge in [-0.25, -0.2) is 14.4 Å². The third-order valence-corrected chi connectivity index (χ3v) is 6.90. The lowest BCUT2D eigenvalue weighted by atomic mass is 9.84. The summed E-state index contributed by atoms with van der Waals surface area (Å²) in [5.74, 6) is -5.37. The highest BCUT2D eigenvalue weighted by Gasteiger charge is 2.40. The topological polar surface area (TPSA) is 205 Å². The number of nitrogens with zero attached hydrogens (tertiary/aromatic N) is 1. The number of H-pyrrole nitrogens is 1. The first kappa shape index (κ1) is 32.1. The number of benzene rings is 1. The number of aliphatic carboxylic acids is 1. The molecule has 1 aliphatic heterocycles. The van der Waals surface area contributed by atoms with E-state index in [0.29, 0.717) is 5.56 Å². The Morgan fingerprint density at radius 1 is 0.977 bits per heavy atom. The summed E-state index contributed by atoms with van der Waals surface area (Å²) in [4.78, 5) is 64.2. The number of carboxylic acid groups (broad SMARTS) is 2. The molecular weight excluding hydrogens is 562 g/mol. The maximum absolute atomic E-state index is 12.9. The average Bonchev–Trinajstić information content (AvgIpc) is 3.47. The van der Waals surface area contributed by atoms with E-state index in [1.54, 1.807) is 44.2 Å². The third kappa shape index (κ3) is 7.28. The molecule has 2 heterocycles. The van der Waals surface area contributed by atoms with Gasteiger partial charge in [-0.05, 0) is 29.5 Å². The lowest BCUT2D eigenvalue weighted by molar-refractivity contribution is -0.145. The second-order valence-corrected chi connectivity index (χ2v) is 10.2. The first-order valence-corrected chi connectivity index (χ1v) is 13.0. The maximum Gasteiger partial charge on any atom is 0.352 e. The minimum Gasteiger partial charge on any atom is -0.477 e. The first-order chi connectivity index (χ1) is 20.3. The number of ether oxygens (including phenoxy) is 3. The van der Waals surface area contributed by atoms with Crippen LogP contribution in [-0.4, -0.2) is 59.3 Å². The molecule has 0 aliphatic carbocycles. The predicted octanol–water partition coefficient (Wildman–Crippen LogP) is 2.87. The van der Waals surface area contributed by atoms with Crippen LogP contribution in [-0.2, 0) is 52.8 Å². The number of allylic oxidation sites excluding steroid dienone is 3.